The molecule has 1 aliphatic heterocycles. The van der Waals surface area contributed by atoms with Crippen LogP contribution in [0.25, 0.3) is 0 Å². The van der Waals surface area contributed by atoms with Crippen LogP contribution in [0, 0.1) is 5.82 Å². The number of hydrogen-bond acceptors (Lipinski definition) is 5. The first kappa shape index (κ1) is 12.7. The molecule has 102 valence electrons. The monoisotopic (exact) mass is 291 g/mol. The number of anilines is 1. The lowest BCUT2D eigenvalue weighted by molar-refractivity contribution is -0.125. The number of benzene rings is 1. The maximum absolute atomic E-state index is 13.1. The Morgan fingerprint density at radius 3 is 3.15 bits per heavy atom. The molecule has 0 radical (unpaired) electrons. The number of halogens is 1. The highest BCUT2D eigenvalue weighted by Gasteiger charge is 2.29. The Hall–Kier alpha value is -2.28. The summed E-state index contributed by atoms with van der Waals surface area (Å²) in [6.07, 6.45) is 1.20. The predicted octanol–water partition coefficient (Wildman–Crippen LogP) is 2.41. The second kappa shape index (κ2) is 5.38. The minimum atomic E-state index is -0.711. The molecule has 2 aromatic rings. The van der Waals surface area contributed by atoms with Crippen LogP contribution in [-0.2, 0) is 9.63 Å². The Bertz CT molecular complexity index is 657. The van der Waals surface area contributed by atoms with E-state index in [0.29, 0.717) is 22.8 Å². The van der Waals surface area contributed by atoms with E-state index in [9.17, 15) is 9.18 Å². The average molecular weight is 291 g/mol. The van der Waals surface area contributed by atoms with Crippen molar-refractivity contribution in [1.29, 1.82) is 0 Å². The van der Waals surface area contributed by atoms with Gasteiger partial charge in [0.1, 0.15) is 5.82 Å². The van der Waals surface area contributed by atoms with Crippen LogP contribution in [0.15, 0.2) is 41.0 Å². The number of aromatic nitrogens is 1. The number of oxime groups is 1. The first-order valence-electron chi connectivity index (χ1n) is 5.91. The fourth-order valence-corrected chi connectivity index (χ4v) is 2.36. The molecule has 1 unspecified atom stereocenters. The van der Waals surface area contributed by atoms with Gasteiger partial charge in [-0.15, -0.1) is 11.3 Å². The van der Waals surface area contributed by atoms with Crippen molar-refractivity contribution in [3.63, 3.8) is 0 Å². The Balaban J connectivity index is 1.65. The molecule has 20 heavy (non-hydrogen) atoms. The fraction of sp³-hybridized carbons (Fsp3) is 0.154. The topological polar surface area (TPSA) is 63.6 Å². The molecule has 1 atom stereocenters. The van der Waals surface area contributed by atoms with Crippen LogP contribution in [0.3, 0.4) is 0 Å². The Labute approximate surface area is 118 Å². The zero-order valence-corrected chi connectivity index (χ0v) is 11.1. The molecule has 1 aromatic carbocycles. The molecule has 5 nitrogen and oxygen atoms in total. The van der Waals surface area contributed by atoms with Crippen LogP contribution >= 0.6 is 11.3 Å². The number of amides is 1. The van der Waals surface area contributed by atoms with Gasteiger partial charge in [-0.05, 0) is 12.1 Å². The molecule has 1 aliphatic rings. The minimum absolute atomic E-state index is 0.306. The van der Waals surface area contributed by atoms with Gasteiger partial charge in [-0.25, -0.2) is 9.37 Å². The number of thiazole rings is 1. The summed E-state index contributed by atoms with van der Waals surface area (Å²) >= 11 is 1.32. The summed E-state index contributed by atoms with van der Waals surface area (Å²) in [5, 5.41) is 8.77. The lowest BCUT2D eigenvalue weighted by atomic mass is 10.0. The van der Waals surface area contributed by atoms with Gasteiger partial charge >= 0.3 is 0 Å². The summed E-state index contributed by atoms with van der Waals surface area (Å²) in [4.78, 5) is 21.0. The van der Waals surface area contributed by atoms with E-state index in [-0.39, 0.29) is 11.7 Å². The number of nitrogens with one attached hydrogen (secondary N) is 1. The van der Waals surface area contributed by atoms with Gasteiger partial charge in [0.25, 0.3) is 5.91 Å². The summed E-state index contributed by atoms with van der Waals surface area (Å²) in [5.41, 5.74) is 1.18. The lowest BCUT2D eigenvalue weighted by Gasteiger charge is -2.06. The largest absolute Gasteiger partial charge is 0.382 e. The third-order valence-electron chi connectivity index (χ3n) is 2.78. The molecule has 0 saturated heterocycles. The second-order valence-corrected chi connectivity index (χ2v) is 5.07. The van der Waals surface area contributed by atoms with Gasteiger partial charge in [-0.3, -0.25) is 10.1 Å². The van der Waals surface area contributed by atoms with Crippen LogP contribution in [0.2, 0.25) is 0 Å². The summed E-state index contributed by atoms with van der Waals surface area (Å²) in [7, 11) is 0. The van der Waals surface area contributed by atoms with Crippen molar-refractivity contribution < 1.29 is 14.0 Å². The Kier molecular flexibility index (Phi) is 3.42. The van der Waals surface area contributed by atoms with Crippen molar-refractivity contribution in [1.82, 2.24) is 4.98 Å². The van der Waals surface area contributed by atoms with Gasteiger partial charge in [0.2, 0.25) is 6.10 Å². The molecule has 0 saturated carbocycles. The number of nitrogens with zero attached hydrogens (tertiary/aromatic N) is 2. The van der Waals surface area contributed by atoms with Gasteiger partial charge in [-0.2, -0.15) is 0 Å². The van der Waals surface area contributed by atoms with E-state index in [4.69, 9.17) is 4.84 Å². The normalized spacial score (nSPS) is 17.4. The van der Waals surface area contributed by atoms with Crippen molar-refractivity contribution in [3.05, 3.63) is 47.2 Å². The molecular formula is C13H10FN3O2S. The van der Waals surface area contributed by atoms with E-state index in [1.807, 2.05) is 0 Å². The summed E-state index contributed by atoms with van der Waals surface area (Å²) in [6, 6.07) is 6.04. The molecular weight excluding hydrogens is 281 g/mol. The zero-order valence-electron chi connectivity index (χ0n) is 10.2. The highest BCUT2D eigenvalue weighted by molar-refractivity contribution is 7.13. The highest BCUT2D eigenvalue weighted by atomic mass is 32.1. The molecule has 1 N–H and O–H groups in total. The van der Waals surface area contributed by atoms with E-state index >= 15 is 0 Å². The molecule has 1 amide bonds. The van der Waals surface area contributed by atoms with Gasteiger partial charge in [-0.1, -0.05) is 17.3 Å². The number of hydrogen-bond donors (Lipinski definition) is 1. The molecule has 7 heteroatoms. The van der Waals surface area contributed by atoms with Crippen LogP contribution in [0.4, 0.5) is 9.52 Å². The first-order chi connectivity index (χ1) is 9.72. The van der Waals surface area contributed by atoms with E-state index in [1.54, 1.807) is 23.7 Å². The Morgan fingerprint density at radius 2 is 2.40 bits per heavy atom. The van der Waals surface area contributed by atoms with Gasteiger partial charge in [0, 0.05) is 23.6 Å². The smallest absolute Gasteiger partial charge is 0.270 e. The minimum Gasteiger partial charge on any atom is -0.382 e. The van der Waals surface area contributed by atoms with E-state index in [2.05, 4.69) is 15.5 Å². The van der Waals surface area contributed by atoms with Gasteiger partial charge in [0.05, 0.1) is 5.71 Å². The first-order valence-corrected chi connectivity index (χ1v) is 6.79. The molecule has 3 rings (SSSR count). The maximum Gasteiger partial charge on any atom is 0.270 e. The van der Waals surface area contributed by atoms with E-state index in [0.717, 1.165) is 0 Å². The third kappa shape index (κ3) is 2.67. The molecule has 0 aliphatic carbocycles. The molecule has 0 bridgehead atoms. The van der Waals surface area contributed by atoms with Crippen LogP contribution in [-0.4, -0.2) is 22.7 Å². The summed E-state index contributed by atoms with van der Waals surface area (Å²) < 4.78 is 13.1. The fourth-order valence-electron chi connectivity index (χ4n) is 1.83. The number of carbonyl (C=O) groups excluding carboxylic acids is 1. The standard InChI is InChI=1S/C13H10FN3O2S/c14-9-3-1-2-8(6-9)10-7-11(19-17-10)12(18)16-13-15-4-5-20-13/h1-6,11H,7H2,(H,15,16,18). The van der Waals surface area contributed by atoms with Crippen LogP contribution in [0.1, 0.15) is 12.0 Å². The molecule has 0 fully saturated rings. The maximum atomic E-state index is 13.1. The number of rotatable bonds is 3. The van der Waals surface area contributed by atoms with Crippen LogP contribution in [0.5, 0.6) is 0 Å². The molecule has 1 aromatic heterocycles. The lowest BCUT2D eigenvalue weighted by Crippen LogP contribution is -2.27. The van der Waals surface area contributed by atoms with Crippen molar-refractivity contribution >= 4 is 28.1 Å². The molecule has 0 spiro atoms. The SMILES string of the molecule is O=C(Nc1nccs1)C1CC(c2cccc(F)c2)=NO1. The van der Waals surface area contributed by atoms with Gasteiger partial charge in [0.15, 0.2) is 5.13 Å². The van der Waals surface area contributed by atoms with Crippen molar-refractivity contribution in [2.75, 3.05) is 5.32 Å². The van der Waals surface area contributed by atoms with E-state index in [1.165, 1.54) is 23.5 Å². The van der Waals surface area contributed by atoms with E-state index < -0.39 is 6.10 Å². The number of carbonyl (C=O) groups is 1. The molecule has 2 heterocycles. The highest BCUT2D eigenvalue weighted by Crippen LogP contribution is 2.19. The second-order valence-electron chi connectivity index (χ2n) is 4.17. The summed E-state index contributed by atoms with van der Waals surface area (Å²) in [6.45, 7) is 0. The Morgan fingerprint density at radius 1 is 1.50 bits per heavy atom. The predicted molar refractivity (Wildman–Crippen MR) is 73.2 cm³/mol. The average Bonchev–Trinajstić information content (AvgIpc) is 3.09. The van der Waals surface area contributed by atoms with Crippen LogP contribution < -0.4 is 5.32 Å². The third-order valence-corrected chi connectivity index (χ3v) is 3.47. The zero-order chi connectivity index (χ0) is 13.9. The van der Waals surface area contributed by atoms with Crippen molar-refractivity contribution in [2.45, 2.75) is 12.5 Å². The van der Waals surface area contributed by atoms with Crippen molar-refractivity contribution in [3.8, 4) is 0 Å². The van der Waals surface area contributed by atoms with Crippen molar-refractivity contribution in [2.24, 2.45) is 5.16 Å². The van der Waals surface area contributed by atoms with Gasteiger partial charge < -0.3 is 4.84 Å². The summed E-state index contributed by atoms with van der Waals surface area (Å²) in [5.74, 6) is -0.656. The quantitative estimate of drug-likeness (QED) is 0.944.